The van der Waals surface area contributed by atoms with Crippen molar-refractivity contribution >= 4 is 23.1 Å². The maximum Gasteiger partial charge on any atom is 0.336 e. The summed E-state index contributed by atoms with van der Waals surface area (Å²) in [6.07, 6.45) is 3.09. The van der Waals surface area contributed by atoms with Crippen molar-refractivity contribution in [2.24, 2.45) is 0 Å². The second kappa shape index (κ2) is 9.88. The zero-order valence-corrected chi connectivity index (χ0v) is 18.3. The Kier molecular flexibility index (Phi) is 6.16. The molecule has 0 aliphatic rings. The van der Waals surface area contributed by atoms with Crippen LogP contribution in [0.1, 0.15) is 11.1 Å². The van der Waals surface area contributed by atoms with E-state index in [1.807, 2.05) is 84.9 Å². The van der Waals surface area contributed by atoms with Gasteiger partial charge in [0.25, 0.3) is 0 Å². The molecule has 0 aliphatic heterocycles. The molecule has 5 aromatic rings. The number of hydrogen-bond donors (Lipinski definition) is 0. The minimum absolute atomic E-state index is 0.391. The highest BCUT2D eigenvalue weighted by Crippen LogP contribution is 2.27. The third-order valence-corrected chi connectivity index (χ3v) is 5.14. The molecular weight excluding hydrogens is 426 g/mol. The van der Waals surface area contributed by atoms with Gasteiger partial charge in [0.15, 0.2) is 5.58 Å². The first kappa shape index (κ1) is 21.2. The minimum atomic E-state index is -0.480. The first-order chi connectivity index (χ1) is 16.7. The predicted molar refractivity (Wildman–Crippen MR) is 131 cm³/mol. The molecule has 0 unspecified atom stereocenters. The Morgan fingerprint density at radius 3 is 2.29 bits per heavy atom. The molecule has 1 aromatic heterocycles. The van der Waals surface area contributed by atoms with Gasteiger partial charge < -0.3 is 13.9 Å². The summed E-state index contributed by atoms with van der Waals surface area (Å²) in [6.45, 7) is 0.505. The van der Waals surface area contributed by atoms with Gasteiger partial charge in [0.2, 0.25) is 5.89 Å². The van der Waals surface area contributed by atoms with Gasteiger partial charge in [-0.1, -0.05) is 60.7 Å². The molecular formula is C29H21NO4. The number of esters is 1. The summed E-state index contributed by atoms with van der Waals surface area (Å²) < 4.78 is 17.1. The van der Waals surface area contributed by atoms with Crippen LogP contribution in [0, 0.1) is 0 Å². The Bertz CT molecular complexity index is 1420. The smallest absolute Gasteiger partial charge is 0.336 e. The Labute approximate surface area is 196 Å². The molecule has 0 saturated carbocycles. The van der Waals surface area contributed by atoms with Crippen LogP contribution < -0.4 is 9.47 Å². The van der Waals surface area contributed by atoms with Crippen molar-refractivity contribution in [3.05, 3.63) is 120 Å². The van der Waals surface area contributed by atoms with Crippen molar-refractivity contribution in [2.45, 2.75) is 6.61 Å². The van der Waals surface area contributed by atoms with Gasteiger partial charge in [-0.05, 0) is 53.6 Å². The summed E-state index contributed by atoms with van der Waals surface area (Å²) in [7, 11) is 0. The summed E-state index contributed by atoms with van der Waals surface area (Å²) in [6, 6.07) is 32.3. The van der Waals surface area contributed by atoms with Crippen LogP contribution in [0.3, 0.4) is 0 Å². The Balaban J connectivity index is 1.19. The van der Waals surface area contributed by atoms with Crippen LogP contribution in [-0.2, 0) is 11.4 Å². The molecule has 1 heterocycles. The molecule has 0 spiro atoms. The number of rotatable bonds is 7. The highest BCUT2D eigenvalue weighted by molar-refractivity contribution is 5.89. The zero-order chi connectivity index (χ0) is 23.2. The van der Waals surface area contributed by atoms with E-state index in [0.29, 0.717) is 29.3 Å². The standard InChI is InChI=1S/C29H21NO4/c31-28(18-13-21-11-14-24(15-12-21)32-20-22-7-3-1-4-8-22)33-25-16-17-26-27(19-25)34-29(30-26)23-9-5-2-6-10-23/h1-19H,20H2/b18-13+. The number of benzene rings is 4. The van der Waals surface area contributed by atoms with Crippen LogP contribution in [-0.4, -0.2) is 11.0 Å². The Morgan fingerprint density at radius 1 is 0.824 bits per heavy atom. The molecule has 0 N–H and O–H groups in total. The first-order valence-corrected chi connectivity index (χ1v) is 10.9. The average molecular weight is 447 g/mol. The summed E-state index contributed by atoms with van der Waals surface area (Å²) in [5.74, 6) is 1.20. The molecule has 0 saturated heterocycles. The largest absolute Gasteiger partial charge is 0.489 e. The number of carbonyl (C=O) groups excluding carboxylic acids is 1. The van der Waals surface area contributed by atoms with Crippen LogP contribution >= 0.6 is 0 Å². The fraction of sp³-hybridized carbons (Fsp3) is 0.0345. The lowest BCUT2D eigenvalue weighted by atomic mass is 10.2. The molecule has 0 amide bonds. The van der Waals surface area contributed by atoms with E-state index < -0.39 is 5.97 Å². The van der Waals surface area contributed by atoms with E-state index in [4.69, 9.17) is 13.9 Å². The summed E-state index contributed by atoms with van der Waals surface area (Å²) in [5, 5.41) is 0. The van der Waals surface area contributed by atoms with Gasteiger partial charge in [-0.3, -0.25) is 0 Å². The molecule has 5 nitrogen and oxygen atoms in total. The molecule has 34 heavy (non-hydrogen) atoms. The van der Waals surface area contributed by atoms with E-state index in [2.05, 4.69) is 4.98 Å². The van der Waals surface area contributed by atoms with Crippen LogP contribution in [0.5, 0.6) is 11.5 Å². The molecule has 5 rings (SSSR count). The number of hydrogen-bond acceptors (Lipinski definition) is 5. The van der Waals surface area contributed by atoms with E-state index in [1.165, 1.54) is 6.08 Å². The van der Waals surface area contributed by atoms with Crippen LogP contribution in [0.15, 0.2) is 114 Å². The monoisotopic (exact) mass is 447 g/mol. The molecule has 0 atom stereocenters. The van der Waals surface area contributed by atoms with Gasteiger partial charge in [0, 0.05) is 17.7 Å². The van der Waals surface area contributed by atoms with Gasteiger partial charge in [-0.25, -0.2) is 9.78 Å². The Morgan fingerprint density at radius 2 is 1.53 bits per heavy atom. The van der Waals surface area contributed by atoms with E-state index in [9.17, 15) is 4.79 Å². The quantitative estimate of drug-likeness (QED) is 0.158. The lowest BCUT2D eigenvalue weighted by Gasteiger charge is -2.06. The topological polar surface area (TPSA) is 61.6 Å². The van der Waals surface area contributed by atoms with Gasteiger partial charge in [0.05, 0.1) is 0 Å². The van der Waals surface area contributed by atoms with E-state index in [0.717, 1.165) is 22.4 Å². The molecule has 0 radical (unpaired) electrons. The van der Waals surface area contributed by atoms with Gasteiger partial charge >= 0.3 is 5.97 Å². The SMILES string of the molecule is O=C(/C=C/c1ccc(OCc2ccccc2)cc1)Oc1ccc2nc(-c3ccccc3)oc2c1. The summed E-state index contributed by atoms with van der Waals surface area (Å²) in [4.78, 5) is 16.8. The number of nitrogens with zero attached hydrogens (tertiary/aromatic N) is 1. The molecule has 0 aliphatic carbocycles. The molecule has 0 bridgehead atoms. The normalized spacial score (nSPS) is 11.1. The summed E-state index contributed by atoms with van der Waals surface area (Å²) in [5.41, 5.74) is 4.11. The second-order valence-corrected chi connectivity index (χ2v) is 7.61. The van der Waals surface area contributed by atoms with Crippen molar-refractivity contribution in [3.63, 3.8) is 0 Å². The first-order valence-electron chi connectivity index (χ1n) is 10.9. The maximum atomic E-state index is 12.3. The van der Waals surface area contributed by atoms with Gasteiger partial charge in [-0.2, -0.15) is 0 Å². The fourth-order valence-electron chi connectivity index (χ4n) is 3.40. The van der Waals surface area contributed by atoms with Crippen molar-refractivity contribution in [1.29, 1.82) is 0 Å². The predicted octanol–water partition coefficient (Wildman–Crippen LogP) is 6.69. The second-order valence-electron chi connectivity index (χ2n) is 7.61. The average Bonchev–Trinajstić information content (AvgIpc) is 3.32. The number of ether oxygens (including phenoxy) is 2. The van der Waals surface area contributed by atoms with Crippen LogP contribution in [0.2, 0.25) is 0 Å². The van der Waals surface area contributed by atoms with Gasteiger partial charge in [-0.15, -0.1) is 0 Å². The number of fused-ring (bicyclic) bond motifs is 1. The molecule has 166 valence electrons. The Hall–Kier alpha value is -4.64. The summed E-state index contributed by atoms with van der Waals surface area (Å²) >= 11 is 0. The van der Waals surface area contributed by atoms with E-state index in [1.54, 1.807) is 24.3 Å². The van der Waals surface area contributed by atoms with Crippen LogP contribution in [0.4, 0.5) is 0 Å². The maximum absolute atomic E-state index is 12.3. The lowest BCUT2D eigenvalue weighted by Crippen LogP contribution is -2.03. The lowest BCUT2D eigenvalue weighted by molar-refractivity contribution is -0.128. The number of aromatic nitrogens is 1. The van der Waals surface area contributed by atoms with E-state index in [-0.39, 0.29) is 0 Å². The van der Waals surface area contributed by atoms with Gasteiger partial charge in [0.1, 0.15) is 23.6 Å². The third kappa shape index (κ3) is 5.22. The highest BCUT2D eigenvalue weighted by atomic mass is 16.5. The molecule has 5 heteroatoms. The number of carbonyl (C=O) groups is 1. The third-order valence-electron chi connectivity index (χ3n) is 5.14. The van der Waals surface area contributed by atoms with Crippen molar-refractivity contribution in [3.8, 4) is 23.0 Å². The molecule has 0 fully saturated rings. The highest BCUT2D eigenvalue weighted by Gasteiger charge is 2.10. The van der Waals surface area contributed by atoms with Crippen LogP contribution in [0.25, 0.3) is 28.6 Å². The van der Waals surface area contributed by atoms with Crippen molar-refractivity contribution < 1.29 is 18.7 Å². The number of oxazole rings is 1. The fourth-order valence-corrected chi connectivity index (χ4v) is 3.40. The molecule has 4 aromatic carbocycles. The minimum Gasteiger partial charge on any atom is -0.489 e. The van der Waals surface area contributed by atoms with Crippen molar-refractivity contribution in [2.75, 3.05) is 0 Å². The van der Waals surface area contributed by atoms with Crippen molar-refractivity contribution in [1.82, 2.24) is 4.98 Å². The zero-order valence-electron chi connectivity index (χ0n) is 18.3. The van der Waals surface area contributed by atoms with E-state index >= 15 is 0 Å².